The summed E-state index contributed by atoms with van der Waals surface area (Å²) < 4.78 is 5.51. The highest BCUT2D eigenvalue weighted by atomic mass is 16.5. The lowest BCUT2D eigenvalue weighted by molar-refractivity contribution is -0.127. The molecular weight excluding hydrogens is 346 g/mol. The molecule has 3 N–H and O–H groups in total. The van der Waals surface area contributed by atoms with Crippen molar-refractivity contribution >= 4 is 11.8 Å². The van der Waals surface area contributed by atoms with Gasteiger partial charge in [0.2, 0.25) is 5.91 Å². The second kappa shape index (κ2) is 9.27. The van der Waals surface area contributed by atoms with E-state index < -0.39 is 0 Å². The van der Waals surface area contributed by atoms with Crippen molar-refractivity contribution in [3.05, 3.63) is 48.0 Å². The van der Waals surface area contributed by atoms with Crippen LogP contribution in [0.15, 0.2) is 36.9 Å². The number of aromatic nitrogens is 3. The highest BCUT2D eigenvalue weighted by Crippen LogP contribution is 2.27. The number of pyridine rings is 1. The number of methoxy groups -OCH3 is 1. The zero-order chi connectivity index (χ0) is 19.1. The Hall–Kier alpha value is -2.74. The monoisotopic (exact) mass is 371 g/mol. The topological polar surface area (TPSA) is 109 Å². The van der Waals surface area contributed by atoms with Crippen molar-refractivity contribution in [1.29, 1.82) is 0 Å². The van der Waals surface area contributed by atoms with Gasteiger partial charge in [0.05, 0.1) is 23.9 Å². The van der Waals surface area contributed by atoms with Gasteiger partial charge in [0.25, 0.3) is 5.91 Å². The fourth-order valence-corrected chi connectivity index (χ4v) is 3.46. The van der Waals surface area contributed by atoms with Gasteiger partial charge < -0.3 is 15.4 Å². The molecule has 8 heteroatoms. The number of carbonyl (C=O) groups excluding carboxylic acids is 2. The van der Waals surface area contributed by atoms with Gasteiger partial charge in [-0.2, -0.15) is 5.10 Å². The van der Waals surface area contributed by atoms with Crippen LogP contribution in [-0.2, 0) is 16.0 Å². The van der Waals surface area contributed by atoms with Gasteiger partial charge in [-0.25, -0.2) is 0 Å². The number of amides is 2. The molecule has 2 amide bonds. The third kappa shape index (κ3) is 5.13. The number of H-pyrrole nitrogens is 1. The van der Waals surface area contributed by atoms with Gasteiger partial charge in [-0.3, -0.25) is 19.7 Å². The molecule has 3 atom stereocenters. The minimum atomic E-state index is -0.214. The maximum atomic E-state index is 12.5. The first kappa shape index (κ1) is 19.0. The van der Waals surface area contributed by atoms with Crippen LogP contribution in [0.2, 0.25) is 0 Å². The largest absolute Gasteiger partial charge is 0.379 e. The van der Waals surface area contributed by atoms with E-state index in [-0.39, 0.29) is 29.9 Å². The molecule has 2 aromatic heterocycles. The summed E-state index contributed by atoms with van der Waals surface area (Å²) in [5, 5.41) is 12.4. The molecule has 27 heavy (non-hydrogen) atoms. The summed E-state index contributed by atoms with van der Waals surface area (Å²) >= 11 is 0. The average molecular weight is 371 g/mol. The van der Waals surface area contributed by atoms with Crippen molar-refractivity contribution in [3.63, 3.8) is 0 Å². The van der Waals surface area contributed by atoms with Crippen molar-refractivity contribution in [1.82, 2.24) is 25.8 Å². The minimum Gasteiger partial charge on any atom is -0.379 e. The predicted molar refractivity (Wildman–Crippen MR) is 98.9 cm³/mol. The van der Waals surface area contributed by atoms with Crippen molar-refractivity contribution in [2.75, 3.05) is 13.7 Å². The highest BCUT2D eigenvalue weighted by Gasteiger charge is 2.35. The Kier molecular flexibility index (Phi) is 6.54. The summed E-state index contributed by atoms with van der Waals surface area (Å²) in [6.45, 7) is 0.570. The van der Waals surface area contributed by atoms with Crippen LogP contribution in [0.3, 0.4) is 0 Å². The van der Waals surface area contributed by atoms with E-state index in [0.29, 0.717) is 18.5 Å². The van der Waals surface area contributed by atoms with E-state index in [2.05, 4.69) is 25.8 Å². The molecule has 144 valence electrons. The first-order chi connectivity index (χ1) is 13.2. The van der Waals surface area contributed by atoms with Crippen LogP contribution in [0.25, 0.3) is 0 Å². The quantitative estimate of drug-likeness (QED) is 0.675. The first-order valence-electron chi connectivity index (χ1n) is 9.16. The summed E-state index contributed by atoms with van der Waals surface area (Å²) in [7, 11) is 1.63. The molecule has 0 spiro atoms. The van der Waals surface area contributed by atoms with E-state index >= 15 is 0 Å². The third-order valence-electron chi connectivity index (χ3n) is 4.97. The summed E-state index contributed by atoms with van der Waals surface area (Å²) in [5.74, 6) is -0.329. The molecule has 2 heterocycles. The van der Waals surface area contributed by atoms with Crippen LogP contribution in [-0.4, -0.2) is 52.8 Å². The molecule has 1 aliphatic carbocycles. The molecule has 0 bridgehead atoms. The number of hydrogen-bond donors (Lipinski definition) is 3. The molecular formula is C19H25N5O3. The Labute approximate surface area is 158 Å². The zero-order valence-electron chi connectivity index (χ0n) is 15.4. The third-order valence-corrected chi connectivity index (χ3v) is 4.97. The lowest BCUT2D eigenvalue weighted by Crippen LogP contribution is -2.50. The number of rotatable bonds is 7. The molecule has 0 saturated heterocycles. The van der Waals surface area contributed by atoms with E-state index in [0.717, 1.165) is 24.8 Å². The molecule has 0 aromatic carbocycles. The Bertz CT molecular complexity index is 735. The summed E-state index contributed by atoms with van der Waals surface area (Å²) in [5.41, 5.74) is 1.55. The standard InChI is InChI=1S/C19H25N5O3/c1-27-17-5-4-14(9-16(17)24-19(26)15-11-22-23-12-15)18(25)21-8-6-13-3-2-7-20-10-13/h2-3,7,10-12,14,16-17H,4-6,8-9H2,1H3,(H,21,25)(H,22,23)(H,24,26)/t14-,16+,17+/m0/s1. The van der Waals surface area contributed by atoms with Crippen LogP contribution in [0.4, 0.5) is 0 Å². The van der Waals surface area contributed by atoms with Gasteiger partial charge in [-0.1, -0.05) is 6.07 Å². The van der Waals surface area contributed by atoms with E-state index in [9.17, 15) is 9.59 Å². The van der Waals surface area contributed by atoms with Crippen molar-refractivity contribution in [2.45, 2.75) is 37.8 Å². The van der Waals surface area contributed by atoms with Crippen molar-refractivity contribution in [2.24, 2.45) is 5.92 Å². The normalized spacial score (nSPS) is 22.2. The van der Waals surface area contributed by atoms with Crippen LogP contribution in [0.5, 0.6) is 0 Å². The number of aromatic amines is 1. The maximum Gasteiger partial charge on any atom is 0.254 e. The molecule has 1 aliphatic rings. The Morgan fingerprint density at radius 3 is 2.93 bits per heavy atom. The smallest absolute Gasteiger partial charge is 0.254 e. The van der Waals surface area contributed by atoms with Gasteiger partial charge in [-0.15, -0.1) is 0 Å². The molecule has 2 aromatic rings. The second-order valence-electron chi connectivity index (χ2n) is 6.75. The number of carbonyl (C=O) groups is 2. The van der Waals surface area contributed by atoms with Crippen LogP contribution >= 0.6 is 0 Å². The molecule has 0 unspecified atom stereocenters. The molecule has 1 saturated carbocycles. The number of nitrogens with zero attached hydrogens (tertiary/aromatic N) is 2. The van der Waals surface area contributed by atoms with Crippen molar-refractivity contribution < 1.29 is 14.3 Å². The summed E-state index contributed by atoms with van der Waals surface area (Å²) in [6, 6.07) is 3.67. The maximum absolute atomic E-state index is 12.5. The highest BCUT2D eigenvalue weighted by molar-refractivity contribution is 5.93. The summed E-state index contributed by atoms with van der Waals surface area (Å²) in [6.07, 6.45) is 9.23. The first-order valence-corrected chi connectivity index (χ1v) is 9.16. The van der Waals surface area contributed by atoms with Gasteiger partial charge in [0.15, 0.2) is 0 Å². The van der Waals surface area contributed by atoms with Crippen LogP contribution in [0, 0.1) is 5.92 Å². The van der Waals surface area contributed by atoms with E-state index in [4.69, 9.17) is 4.74 Å². The van der Waals surface area contributed by atoms with Gasteiger partial charge in [0, 0.05) is 38.2 Å². The molecule has 8 nitrogen and oxygen atoms in total. The summed E-state index contributed by atoms with van der Waals surface area (Å²) in [4.78, 5) is 28.9. The lowest BCUT2D eigenvalue weighted by atomic mass is 9.83. The minimum absolute atomic E-state index is 0.0241. The van der Waals surface area contributed by atoms with Gasteiger partial charge >= 0.3 is 0 Å². The molecule has 0 aliphatic heterocycles. The number of hydrogen-bond acceptors (Lipinski definition) is 5. The van der Waals surface area contributed by atoms with E-state index in [1.54, 1.807) is 25.7 Å². The van der Waals surface area contributed by atoms with Crippen LogP contribution in [0.1, 0.15) is 35.2 Å². The van der Waals surface area contributed by atoms with Gasteiger partial charge in [0.1, 0.15) is 0 Å². The van der Waals surface area contributed by atoms with Crippen molar-refractivity contribution in [3.8, 4) is 0 Å². The zero-order valence-corrected chi connectivity index (χ0v) is 15.4. The fourth-order valence-electron chi connectivity index (χ4n) is 3.46. The number of ether oxygens (including phenoxy) is 1. The predicted octanol–water partition coefficient (Wildman–Crippen LogP) is 1.08. The fraction of sp³-hybridized carbons (Fsp3) is 0.474. The molecule has 0 radical (unpaired) electrons. The van der Waals surface area contributed by atoms with E-state index in [1.807, 2.05) is 12.1 Å². The Morgan fingerprint density at radius 2 is 2.22 bits per heavy atom. The Balaban J connectivity index is 1.51. The number of nitrogens with one attached hydrogen (secondary N) is 3. The lowest BCUT2D eigenvalue weighted by Gasteiger charge is -2.35. The Morgan fingerprint density at radius 1 is 1.33 bits per heavy atom. The average Bonchev–Trinajstić information content (AvgIpc) is 3.23. The second-order valence-corrected chi connectivity index (χ2v) is 6.75. The SMILES string of the molecule is CO[C@@H]1CC[C@H](C(=O)NCCc2cccnc2)C[C@H]1NC(=O)c1cn[nH]c1. The molecule has 3 rings (SSSR count). The molecule has 1 fully saturated rings. The van der Waals surface area contributed by atoms with Crippen LogP contribution < -0.4 is 10.6 Å². The van der Waals surface area contributed by atoms with E-state index in [1.165, 1.54) is 6.20 Å². The van der Waals surface area contributed by atoms with Gasteiger partial charge in [-0.05, 0) is 37.3 Å².